The van der Waals surface area contributed by atoms with Crippen molar-refractivity contribution in [2.75, 3.05) is 39.3 Å². The van der Waals surface area contributed by atoms with Crippen LogP contribution in [0.4, 0.5) is 5.95 Å². The second-order valence-corrected chi connectivity index (χ2v) is 2.96. The fourth-order valence-electron chi connectivity index (χ4n) is 1.07. The summed E-state index contributed by atoms with van der Waals surface area (Å²) in [5, 5.41) is 0. The summed E-state index contributed by atoms with van der Waals surface area (Å²) in [4.78, 5) is 10.2. The van der Waals surface area contributed by atoms with Gasteiger partial charge in [0.1, 0.15) is 0 Å². The summed E-state index contributed by atoms with van der Waals surface area (Å²) in [6.45, 7) is 1.22. The van der Waals surface area contributed by atoms with Crippen molar-refractivity contribution < 1.29 is 9.47 Å². The molecule has 1 aromatic heterocycles. The zero-order valence-electron chi connectivity index (χ0n) is 9.23. The minimum Gasteiger partial charge on any atom is -0.481 e. The Kier molecular flexibility index (Phi) is 4.11. The molecule has 6 heteroatoms. The molecule has 0 aromatic carbocycles. The lowest BCUT2D eigenvalue weighted by Crippen LogP contribution is -2.26. The van der Waals surface area contributed by atoms with Gasteiger partial charge in [-0.2, -0.15) is 9.97 Å². The van der Waals surface area contributed by atoms with E-state index in [2.05, 4.69) is 9.97 Å². The third-order valence-corrected chi connectivity index (χ3v) is 1.89. The smallest absolute Gasteiger partial charge is 0.231 e. The summed E-state index contributed by atoms with van der Waals surface area (Å²) >= 11 is 0. The monoisotopic (exact) mass is 212 g/mol. The Morgan fingerprint density at radius 2 is 1.80 bits per heavy atom. The molecular weight excluding hydrogens is 196 g/mol. The normalized spacial score (nSPS) is 9.87. The zero-order chi connectivity index (χ0) is 11.3. The second kappa shape index (κ2) is 5.35. The van der Waals surface area contributed by atoms with Crippen LogP contribution in [-0.2, 0) is 0 Å². The van der Waals surface area contributed by atoms with Gasteiger partial charge in [-0.3, -0.25) is 0 Å². The Morgan fingerprint density at radius 1 is 1.27 bits per heavy atom. The van der Waals surface area contributed by atoms with Crippen molar-refractivity contribution in [2.24, 2.45) is 5.73 Å². The molecule has 1 heterocycles. The van der Waals surface area contributed by atoms with E-state index in [1.165, 1.54) is 0 Å². The quantitative estimate of drug-likeness (QED) is 0.734. The van der Waals surface area contributed by atoms with E-state index in [9.17, 15) is 0 Å². The van der Waals surface area contributed by atoms with Crippen molar-refractivity contribution in [1.82, 2.24) is 9.97 Å². The van der Waals surface area contributed by atoms with Crippen LogP contribution < -0.4 is 20.1 Å². The topological polar surface area (TPSA) is 73.5 Å². The van der Waals surface area contributed by atoms with E-state index in [4.69, 9.17) is 15.2 Å². The third-order valence-electron chi connectivity index (χ3n) is 1.89. The van der Waals surface area contributed by atoms with Crippen molar-refractivity contribution in [3.8, 4) is 11.8 Å². The van der Waals surface area contributed by atoms with Crippen LogP contribution >= 0.6 is 0 Å². The molecule has 0 aliphatic heterocycles. The van der Waals surface area contributed by atoms with Gasteiger partial charge in [-0.25, -0.2) is 0 Å². The molecule has 6 nitrogen and oxygen atoms in total. The Labute approximate surface area is 89.0 Å². The van der Waals surface area contributed by atoms with Crippen LogP contribution in [0, 0.1) is 0 Å². The van der Waals surface area contributed by atoms with Gasteiger partial charge >= 0.3 is 0 Å². The summed E-state index contributed by atoms with van der Waals surface area (Å²) in [5.74, 6) is 1.48. The molecule has 0 fully saturated rings. The molecule has 84 valence electrons. The van der Waals surface area contributed by atoms with E-state index in [1.54, 1.807) is 20.3 Å². The van der Waals surface area contributed by atoms with E-state index in [0.717, 1.165) is 0 Å². The number of nitrogens with two attached hydrogens (primary N) is 1. The average Bonchev–Trinajstić information content (AvgIpc) is 2.28. The van der Waals surface area contributed by atoms with Gasteiger partial charge in [0.25, 0.3) is 0 Å². The number of likely N-dealkylation sites (N-methyl/N-ethyl adjacent to an activating group) is 1. The number of hydrogen-bond donors (Lipinski definition) is 1. The van der Waals surface area contributed by atoms with E-state index < -0.39 is 0 Å². The van der Waals surface area contributed by atoms with Gasteiger partial charge < -0.3 is 20.1 Å². The van der Waals surface area contributed by atoms with Crippen LogP contribution in [0.25, 0.3) is 0 Å². The molecule has 0 spiro atoms. The lowest BCUT2D eigenvalue weighted by atomic mass is 10.5. The van der Waals surface area contributed by atoms with Crippen LogP contribution in [0.1, 0.15) is 0 Å². The fraction of sp³-hybridized carbons (Fsp3) is 0.556. The molecule has 0 aliphatic carbocycles. The predicted molar refractivity (Wildman–Crippen MR) is 57.5 cm³/mol. The second-order valence-electron chi connectivity index (χ2n) is 2.96. The first kappa shape index (κ1) is 11.5. The van der Waals surface area contributed by atoms with Gasteiger partial charge in [0.15, 0.2) is 0 Å². The van der Waals surface area contributed by atoms with Crippen LogP contribution in [0.15, 0.2) is 6.07 Å². The average molecular weight is 212 g/mol. The number of anilines is 1. The number of hydrogen-bond acceptors (Lipinski definition) is 6. The number of nitrogens with zero attached hydrogens (tertiary/aromatic N) is 3. The number of ether oxygens (including phenoxy) is 2. The molecule has 2 N–H and O–H groups in total. The lowest BCUT2D eigenvalue weighted by Gasteiger charge is -2.16. The maximum atomic E-state index is 5.45. The van der Waals surface area contributed by atoms with Crippen molar-refractivity contribution in [2.45, 2.75) is 0 Å². The van der Waals surface area contributed by atoms with Gasteiger partial charge in [-0.05, 0) is 0 Å². The van der Waals surface area contributed by atoms with Crippen LogP contribution in [0.5, 0.6) is 11.8 Å². The summed E-state index contributed by atoms with van der Waals surface area (Å²) in [7, 11) is 4.96. The largest absolute Gasteiger partial charge is 0.481 e. The van der Waals surface area contributed by atoms with Gasteiger partial charge in [0.05, 0.1) is 20.3 Å². The first-order chi connectivity index (χ1) is 7.21. The Bertz CT molecular complexity index is 297. The van der Waals surface area contributed by atoms with Gasteiger partial charge in [-0.1, -0.05) is 0 Å². The highest BCUT2D eigenvalue weighted by molar-refractivity contribution is 5.35. The Hall–Kier alpha value is -1.56. The highest BCUT2D eigenvalue weighted by Crippen LogP contribution is 2.18. The minimum atomic E-state index is 0.473. The van der Waals surface area contributed by atoms with Gasteiger partial charge in [-0.15, -0.1) is 0 Å². The summed E-state index contributed by atoms with van der Waals surface area (Å²) in [6.07, 6.45) is 0. The lowest BCUT2D eigenvalue weighted by molar-refractivity contribution is 0.372. The summed E-state index contributed by atoms with van der Waals surface area (Å²) < 4.78 is 10.1. The van der Waals surface area contributed by atoms with Crippen molar-refractivity contribution in [1.29, 1.82) is 0 Å². The van der Waals surface area contributed by atoms with Gasteiger partial charge in [0, 0.05) is 20.1 Å². The van der Waals surface area contributed by atoms with E-state index in [0.29, 0.717) is 30.8 Å². The highest BCUT2D eigenvalue weighted by Gasteiger charge is 2.08. The van der Waals surface area contributed by atoms with Gasteiger partial charge in [0.2, 0.25) is 17.7 Å². The summed E-state index contributed by atoms with van der Waals surface area (Å²) in [5.41, 5.74) is 5.45. The van der Waals surface area contributed by atoms with Crippen molar-refractivity contribution in [3.05, 3.63) is 6.07 Å². The highest BCUT2D eigenvalue weighted by atomic mass is 16.5. The van der Waals surface area contributed by atoms with Crippen molar-refractivity contribution in [3.63, 3.8) is 0 Å². The molecule has 0 unspecified atom stereocenters. The maximum absolute atomic E-state index is 5.45. The Balaban J connectivity index is 2.95. The van der Waals surface area contributed by atoms with Crippen LogP contribution in [0.3, 0.4) is 0 Å². The molecule has 0 atom stereocenters. The molecule has 0 saturated heterocycles. The zero-order valence-corrected chi connectivity index (χ0v) is 9.23. The number of rotatable bonds is 5. The first-order valence-corrected chi connectivity index (χ1v) is 4.59. The summed E-state index contributed by atoms with van der Waals surface area (Å²) in [6, 6.07) is 1.62. The van der Waals surface area contributed by atoms with Crippen LogP contribution in [-0.4, -0.2) is 44.3 Å². The molecule has 1 aromatic rings. The molecule has 0 radical (unpaired) electrons. The number of methoxy groups -OCH3 is 2. The standard InChI is InChI=1S/C9H16N4O2/c1-13(5-4-10)9-11-7(14-2)6-8(12-9)15-3/h6H,4-5,10H2,1-3H3. The molecule has 15 heavy (non-hydrogen) atoms. The SMILES string of the molecule is COc1cc(OC)nc(N(C)CCN)n1. The predicted octanol–water partition coefficient (Wildman–Crippen LogP) is -0.111. The molecule has 0 amide bonds. The van der Waals surface area contributed by atoms with E-state index >= 15 is 0 Å². The molecular formula is C9H16N4O2. The Morgan fingerprint density at radius 3 is 2.20 bits per heavy atom. The molecule has 1 rings (SSSR count). The van der Waals surface area contributed by atoms with E-state index in [1.807, 2.05) is 11.9 Å². The third kappa shape index (κ3) is 2.95. The van der Waals surface area contributed by atoms with Crippen molar-refractivity contribution >= 4 is 5.95 Å². The maximum Gasteiger partial charge on any atom is 0.231 e. The van der Waals surface area contributed by atoms with E-state index in [-0.39, 0.29) is 0 Å². The molecule has 0 aliphatic rings. The minimum absolute atomic E-state index is 0.473. The molecule has 0 bridgehead atoms. The number of aromatic nitrogens is 2. The fourth-order valence-corrected chi connectivity index (χ4v) is 1.07. The van der Waals surface area contributed by atoms with Crippen LogP contribution in [0.2, 0.25) is 0 Å². The first-order valence-electron chi connectivity index (χ1n) is 4.59. The molecule has 0 saturated carbocycles.